The summed E-state index contributed by atoms with van der Waals surface area (Å²) in [5.41, 5.74) is 15.1. The van der Waals surface area contributed by atoms with Crippen LogP contribution in [0.4, 0.5) is 0 Å². The number of aryl methyl sites for hydroxylation is 1. The second kappa shape index (κ2) is 14.2. The Kier molecular flexibility index (Phi) is 8.28. The first-order valence-electron chi connectivity index (χ1n) is 19.7. The highest BCUT2D eigenvalue weighted by Gasteiger charge is 2.24. The van der Waals surface area contributed by atoms with Gasteiger partial charge in [0.05, 0.1) is 33.8 Å². The Bertz CT molecular complexity index is 3110. The van der Waals surface area contributed by atoms with Crippen LogP contribution in [0.2, 0.25) is 0 Å². The minimum Gasteiger partial charge on any atom is -0.282 e. The highest BCUT2D eigenvalue weighted by molar-refractivity contribution is 6.14. The van der Waals surface area contributed by atoms with E-state index < -0.39 is 0 Å². The van der Waals surface area contributed by atoms with Crippen molar-refractivity contribution < 1.29 is 0 Å². The predicted molar refractivity (Wildman–Crippen MR) is 233 cm³/mol. The number of rotatable bonds is 6. The molecular weight excluding hydrogens is 711 g/mol. The van der Waals surface area contributed by atoms with Crippen LogP contribution in [0.15, 0.2) is 174 Å². The van der Waals surface area contributed by atoms with Crippen molar-refractivity contribution >= 4 is 27.5 Å². The SMILES string of the molecule is C1=C2CCc3ccc(-c4cccc(-c5nc(-c6ccc(-c7ccccc7)cc6)nc(-c6cccc(-c7ccc8ccc9cccnc9c8n7)c6)n5)c4)nc3C2=NCC1. The Balaban J connectivity index is 1.01. The molecule has 0 saturated carbocycles. The summed E-state index contributed by atoms with van der Waals surface area (Å²) in [5, 5.41) is 2.11. The molecule has 11 rings (SSSR count). The Morgan fingerprint density at radius 1 is 0.414 bits per heavy atom. The van der Waals surface area contributed by atoms with Gasteiger partial charge in [-0.2, -0.15) is 0 Å². The topological polar surface area (TPSA) is 89.7 Å². The van der Waals surface area contributed by atoms with Crippen molar-refractivity contribution in [2.24, 2.45) is 4.99 Å². The lowest BCUT2D eigenvalue weighted by atomic mass is 9.87. The van der Waals surface area contributed by atoms with Crippen LogP contribution >= 0.6 is 0 Å². The zero-order chi connectivity index (χ0) is 38.4. The van der Waals surface area contributed by atoms with E-state index in [2.05, 4.69) is 138 Å². The number of dihydropyridines is 1. The number of pyridine rings is 3. The van der Waals surface area contributed by atoms with E-state index in [-0.39, 0.29) is 0 Å². The number of hydrogen-bond acceptors (Lipinski definition) is 7. The third-order valence-corrected chi connectivity index (χ3v) is 11.1. The van der Waals surface area contributed by atoms with Gasteiger partial charge in [-0.05, 0) is 71.9 Å². The molecule has 0 unspecified atom stereocenters. The van der Waals surface area contributed by atoms with Gasteiger partial charge in [0.1, 0.15) is 0 Å². The second-order valence-electron chi connectivity index (χ2n) is 14.8. The predicted octanol–water partition coefficient (Wildman–Crippen LogP) is 11.4. The molecule has 0 fully saturated rings. The van der Waals surface area contributed by atoms with Crippen molar-refractivity contribution in [2.45, 2.75) is 19.3 Å². The lowest BCUT2D eigenvalue weighted by Gasteiger charge is -2.23. The fourth-order valence-corrected chi connectivity index (χ4v) is 8.11. The minimum absolute atomic E-state index is 0.578. The Hall–Kier alpha value is -7.51. The molecule has 0 N–H and O–H groups in total. The summed E-state index contributed by atoms with van der Waals surface area (Å²) in [6.07, 6.45) is 7.17. The highest BCUT2D eigenvalue weighted by Crippen LogP contribution is 2.33. The van der Waals surface area contributed by atoms with Gasteiger partial charge in [0.25, 0.3) is 0 Å². The van der Waals surface area contributed by atoms with Gasteiger partial charge in [-0.1, -0.05) is 127 Å². The molecular formula is C51H35N7. The Labute approximate surface area is 335 Å². The monoisotopic (exact) mass is 745 g/mol. The van der Waals surface area contributed by atoms with Crippen molar-refractivity contribution in [1.82, 2.24) is 29.9 Å². The molecule has 274 valence electrons. The average Bonchev–Trinajstić information content (AvgIpc) is 3.31. The summed E-state index contributed by atoms with van der Waals surface area (Å²) < 4.78 is 0. The number of allylic oxidation sites excluding steroid dienone is 1. The van der Waals surface area contributed by atoms with Crippen LogP contribution in [-0.2, 0) is 6.42 Å². The third kappa shape index (κ3) is 6.23. The largest absolute Gasteiger partial charge is 0.282 e. The van der Waals surface area contributed by atoms with Crippen molar-refractivity contribution in [2.75, 3.05) is 6.54 Å². The molecule has 0 amide bonds. The first kappa shape index (κ1) is 33.8. The van der Waals surface area contributed by atoms with Gasteiger partial charge >= 0.3 is 0 Å². The molecule has 7 nitrogen and oxygen atoms in total. The van der Waals surface area contributed by atoms with Gasteiger partial charge in [-0.3, -0.25) is 9.98 Å². The maximum atomic E-state index is 5.21. The van der Waals surface area contributed by atoms with Crippen LogP contribution in [0.3, 0.4) is 0 Å². The molecule has 0 bridgehead atoms. The van der Waals surface area contributed by atoms with Gasteiger partial charge in [-0.15, -0.1) is 0 Å². The van der Waals surface area contributed by atoms with Crippen LogP contribution in [0, 0.1) is 0 Å². The van der Waals surface area contributed by atoms with Crippen LogP contribution in [0.5, 0.6) is 0 Å². The van der Waals surface area contributed by atoms with E-state index in [4.69, 9.17) is 29.9 Å². The molecule has 0 spiro atoms. The third-order valence-electron chi connectivity index (χ3n) is 11.1. The van der Waals surface area contributed by atoms with E-state index in [0.29, 0.717) is 17.5 Å². The van der Waals surface area contributed by atoms with Gasteiger partial charge in [0.15, 0.2) is 17.5 Å². The summed E-state index contributed by atoms with van der Waals surface area (Å²) >= 11 is 0. The molecule has 0 atom stereocenters. The number of fused-ring (bicyclic) bond motifs is 6. The van der Waals surface area contributed by atoms with Gasteiger partial charge in [0, 0.05) is 51.3 Å². The van der Waals surface area contributed by atoms with E-state index in [1.165, 1.54) is 11.1 Å². The highest BCUT2D eigenvalue weighted by atomic mass is 15.0. The molecule has 0 radical (unpaired) electrons. The van der Waals surface area contributed by atoms with E-state index in [1.807, 2.05) is 30.5 Å². The number of aromatic nitrogens is 6. The van der Waals surface area contributed by atoms with Crippen molar-refractivity contribution in [3.05, 3.63) is 181 Å². The Morgan fingerprint density at radius 3 is 1.78 bits per heavy atom. The first-order valence-corrected chi connectivity index (χ1v) is 19.7. The zero-order valence-corrected chi connectivity index (χ0v) is 31.5. The summed E-state index contributed by atoms with van der Waals surface area (Å²) in [6.45, 7) is 0.815. The molecule has 1 aliphatic heterocycles. The normalized spacial score (nSPS) is 13.4. The van der Waals surface area contributed by atoms with E-state index in [9.17, 15) is 0 Å². The summed E-state index contributed by atoms with van der Waals surface area (Å²) in [5.74, 6) is 1.76. The fourth-order valence-electron chi connectivity index (χ4n) is 8.11. The van der Waals surface area contributed by atoms with Crippen molar-refractivity contribution in [3.8, 4) is 67.8 Å². The molecule has 2 aliphatic rings. The summed E-state index contributed by atoms with van der Waals surface area (Å²) in [7, 11) is 0. The molecule has 5 heterocycles. The van der Waals surface area contributed by atoms with Crippen LogP contribution < -0.4 is 0 Å². The molecule has 1 aliphatic carbocycles. The lowest BCUT2D eigenvalue weighted by Crippen LogP contribution is -2.20. The molecule has 9 aromatic rings. The van der Waals surface area contributed by atoms with E-state index in [0.717, 1.165) is 109 Å². The smallest absolute Gasteiger partial charge is 0.164 e. The number of nitrogens with zero attached hydrogens (tertiary/aromatic N) is 7. The zero-order valence-electron chi connectivity index (χ0n) is 31.5. The maximum absolute atomic E-state index is 5.21. The van der Waals surface area contributed by atoms with Crippen LogP contribution in [0.1, 0.15) is 24.1 Å². The average molecular weight is 746 g/mol. The van der Waals surface area contributed by atoms with Crippen LogP contribution in [-0.4, -0.2) is 42.2 Å². The maximum Gasteiger partial charge on any atom is 0.164 e. The fraction of sp³-hybridized carbons (Fsp3) is 0.0784. The minimum atomic E-state index is 0.578. The van der Waals surface area contributed by atoms with E-state index in [1.54, 1.807) is 0 Å². The Morgan fingerprint density at radius 2 is 1.02 bits per heavy atom. The number of hydrogen-bond donors (Lipinski definition) is 0. The van der Waals surface area contributed by atoms with Gasteiger partial charge < -0.3 is 0 Å². The lowest BCUT2D eigenvalue weighted by molar-refractivity contribution is 0.881. The van der Waals surface area contributed by atoms with Crippen LogP contribution in [0.25, 0.3) is 89.6 Å². The van der Waals surface area contributed by atoms with E-state index >= 15 is 0 Å². The molecule has 0 saturated heterocycles. The summed E-state index contributed by atoms with van der Waals surface area (Å²) in [4.78, 5) is 35.3. The van der Waals surface area contributed by atoms with Gasteiger partial charge in [0.2, 0.25) is 0 Å². The number of benzene rings is 5. The van der Waals surface area contributed by atoms with Crippen molar-refractivity contribution in [1.29, 1.82) is 0 Å². The second-order valence-corrected chi connectivity index (χ2v) is 14.8. The number of aliphatic imine (C=N–C) groups is 1. The van der Waals surface area contributed by atoms with Crippen molar-refractivity contribution in [3.63, 3.8) is 0 Å². The molecule has 7 heteroatoms. The molecule has 5 aromatic carbocycles. The van der Waals surface area contributed by atoms with Gasteiger partial charge in [-0.25, -0.2) is 24.9 Å². The molecule has 58 heavy (non-hydrogen) atoms. The summed E-state index contributed by atoms with van der Waals surface area (Å²) in [6, 6.07) is 52.1. The first-order chi connectivity index (χ1) is 28.7. The molecule has 4 aromatic heterocycles. The quantitative estimate of drug-likeness (QED) is 0.157. The standard InChI is InChI=1S/C51H35N7/c1-2-8-32(9-3-1)33-16-22-38(23-17-33)49-56-50(41-12-4-10-39(30-41)43-26-24-36-20-18-34-14-6-28-52-45(34)47(36)54-43)58-51(57-49)42-13-5-11-40(31-42)44-27-25-37-21-19-35-15-7-29-53-46(35)48(37)55-44/h1-6,8-18,20,22-28,30-31H,7,19,21,29H2.